The fourth-order valence-electron chi connectivity index (χ4n) is 0.250. The third-order valence-electron chi connectivity index (χ3n) is 0.465. The summed E-state index contributed by atoms with van der Waals surface area (Å²) in [5.41, 5.74) is 0. The molecule has 0 saturated heterocycles. The normalized spacial score (nSPS) is 24.0. The van der Waals surface area contributed by atoms with Crippen LogP contribution in [0.3, 0.4) is 0 Å². The van der Waals surface area contributed by atoms with Crippen LogP contribution in [0.5, 0.6) is 0 Å². The lowest BCUT2D eigenvalue weighted by Gasteiger charge is -1.74. The monoisotopic (exact) mass is 88.0 g/mol. The maximum Gasteiger partial charge on any atom is 0.0934 e. The fraction of sp³-hybridized carbons (Fsp3) is 1.00. The standard InChI is InChI=1S/C2H5N2P/c1-3-2-5-4-1/h3H,1-2H2. The molecule has 3 heteroatoms. The summed E-state index contributed by atoms with van der Waals surface area (Å²) in [5.74, 6) is 0. The van der Waals surface area contributed by atoms with Crippen molar-refractivity contribution in [2.45, 2.75) is 0 Å². The number of rotatable bonds is 0. The van der Waals surface area contributed by atoms with Crippen LogP contribution in [0.15, 0.2) is 4.74 Å². The van der Waals surface area contributed by atoms with E-state index in [9.17, 15) is 0 Å². The van der Waals surface area contributed by atoms with Gasteiger partial charge in [0.1, 0.15) is 0 Å². The first-order valence-electron chi connectivity index (χ1n) is 1.54. The van der Waals surface area contributed by atoms with E-state index in [0.29, 0.717) is 0 Å². The molecule has 0 aromatic carbocycles. The van der Waals surface area contributed by atoms with Crippen molar-refractivity contribution >= 4 is 8.37 Å². The topological polar surface area (TPSA) is 24.4 Å². The summed E-state index contributed by atoms with van der Waals surface area (Å²) in [6.07, 6.45) is 1.06. The third-order valence-corrected chi connectivity index (χ3v) is 1.17. The molecule has 0 saturated carbocycles. The Bertz CT molecular complexity index is 45.6. The number of hydrogen-bond donors (Lipinski definition) is 1. The molecule has 0 unspecified atom stereocenters. The van der Waals surface area contributed by atoms with Gasteiger partial charge in [0.25, 0.3) is 0 Å². The van der Waals surface area contributed by atoms with E-state index >= 15 is 0 Å². The molecule has 0 fully saturated rings. The van der Waals surface area contributed by atoms with E-state index in [0.717, 1.165) is 13.0 Å². The Balaban J connectivity index is 2.32. The molecule has 1 heterocycles. The van der Waals surface area contributed by atoms with Gasteiger partial charge in [-0.05, 0) is 0 Å². The van der Waals surface area contributed by atoms with Crippen LogP contribution in [0.2, 0.25) is 0 Å². The van der Waals surface area contributed by atoms with Gasteiger partial charge in [-0.2, -0.15) is 0 Å². The SMILES string of the molecule is C1N=PCN1. The number of nitrogens with one attached hydrogen (secondary N) is 1. The first-order valence-corrected chi connectivity index (χ1v) is 2.57. The van der Waals surface area contributed by atoms with Crippen LogP contribution in [0.25, 0.3) is 0 Å². The van der Waals surface area contributed by atoms with Crippen molar-refractivity contribution < 1.29 is 0 Å². The second kappa shape index (κ2) is 1.48. The molecule has 1 aliphatic rings. The van der Waals surface area contributed by atoms with Crippen LogP contribution in [0.1, 0.15) is 0 Å². The van der Waals surface area contributed by atoms with E-state index in [-0.39, 0.29) is 0 Å². The molecule has 0 aliphatic carbocycles. The summed E-state index contributed by atoms with van der Waals surface area (Å²) in [6, 6.07) is 0. The van der Waals surface area contributed by atoms with Gasteiger partial charge >= 0.3 is 0 Å². The molecule has 0 bridgehead atoms. The molecule has 2 nitrogen and oxygen atoms in total. The van der Waals surface area contributed by atoms with Crippen molar-refractivity contribution in [3.63, 3.8) is 0 Å². The van der Waals surface area contributed by atoms with Crippen molar-refractivity contribution in [3.05, 3.63) is 0 Å². The molecule has 0 radical (unpaired) electrons. The second-order valence-corrected chi connectivity index (χ2v) is 1.73. The van der Waals surface area contributed by atoms with Crippen molar-refractivity contribution in [1.82, 2.24) is 5.32 Å². The lowest BCUT2D eigenvalue weighted by molar-refractivity contribution is 0.852. The Morgan fingerprint density at radius 2 is 2.80 bits per heavy atom. The summed E-state index contributed by atoms with van der Waals surface area (Å²) in [4.78, 5) is 0. The van der Waals surface area contributed by atoms with Crippen LogP contribution in [0, 0.1) is 0 Å². The molecular weight excluding hydrogens is 83.0 g/mol. The van der Waals surface area contributed by atoms with Crippen molar-refractivity contribution in [1.29, 1.82) is 0 Å². The van der Waals surface area contributed by atoms with Crippen LogP contribution in [-0.4, -0.2) is 13.0 Å². The molecule has 0 amide bonds. The Morgan fingerprint density at radius 3 is 3.00 bits per heavy atom. The van der Waals surface area contributed by atoms with Gasteiger partial charge in [0.2, 0.25) is 0 Å². The molecule has 1 rings (SSSR count). The molecule has 0 atom stereocenters. The van der Waals surface area contributed by atoms with E-state index in [1.165, 1.54) is 8.37 Å². The van der Waals surface area contributed by atoms with Gasteiger partial charge in [0.05, 0.1) is 13.0 Å². The number of nitrogens with zero attached hydrogens (tertiary/aromatic N) is 1. The van der Waals surface area contributed by atoms with Crippen molar-refractivity contribution in [2.75, 3.05) is 13.0 Å². The van der Waals surface area contributed by atoms with Gasteiger partial charge in [-0.1, -0.05) is 0 Å². The maximum absolute atomic E-state index is 3.94. The van der Waals surface area contributed by atoms with Crippen LogP contribution in [0.4, 0.5) is 0 Å². The van der Waals surface area contributed by atoms with E-state index < -0.39 is 0 Å². The highest BCUT2D eigenvalue weighted by atomic mass is 31.1. The Morgan fingerprint density at radius 1 is 1.80 bits per heavy atom. The van der Waals surface area contributed by atoms with E-state index in [2.05, 4.69) is 10.1 Å². The highest BCUT2D eigenvalue weighted by Crippen LogP contribution is 1.99. The van der Waals surface area contributed by atoms with Gasteiger partial charge in [0, 0.05) is 8.37 Å². The van der Waals surface area contributed by atoms with Crippen molar-refractivity contribution in [3.8, 4) is 0 Å². The predicted octanol–water partition coefficient (Wildman–Crippen LogP) is 0.634. The molecule has 0 aromatic rings. The summed E-state index contributed by atoms with van der Waals surface area (Å²) < 4.78 is 3.94. The molecule has 5 heavy (non-hydrogen) atoms. The zero-order valence-electron chi connectivity index (χ0n) is 2.81. The van der Waals surface area contributed by atoms with Gasteiger partial charge in [0.15, 0.2) is 0 Å². The fourth-order valence-corrected chi connectivity index (χ4v) is 0.750. The predicted molar refractivity (Wildman–Crippen MR) is 22.2 cm³/mol. The zero-order chi connectivity index (χ0) is 3.54. The second-order valence-electron chi connectivity index (χ2n) is 0.849. The average molecular weight is 88.0 g/mol. The minimum Gasteiger partial charge on any atom is -0.289 e. The Hall–Kier alpha value is 0.0600. The zero-order valence-corrected chi connectivity index (χ0v) is 3.70. The molecule has 1 aliphatic heterocycles. The summed E-state index contributed by atoms with van der Waals surface area (Å²) >= 11 is 0. The Kier molecular flexibility index (Phi) is 0.967. The van der Waals surface area contributed by atoms with Crippen molar-refractivity contribution in [2.24, 2.45) is 4.74 Å². The quantitative estimate of drug-likeness (QED) is 0.431. The highest BCUT2D eigenvalue weighted by molar-refractivity contribution is 7.26. The average Bonchev–Trinajstić information content (AvgIpc) is 1.76. The molecular formula is C2H5N2P. The van der Waals surface area contributed by atoms with Gasteiger partial charge in [-0.3, -0.25) is 10.1 Å². The van der Waals surface area contributed by atoms with Gasteiger partial charge in [-0.25, -0.2) is 0 Å². The van der Waals surface area contributed by atoms with E-state index in [4.69, 9.17) is 0 Å². The first-order chi connectivity index (χ1) is 2.50. The smallest absolute Gasteiger partial charge is 0.0934 e. The number of hydrogen-bond acceptors (Lipinski definition) is 2. The van der Waals surface area contributed by atoms with Crippen LogP contribution in [-0.2, 0) is 0 Å². The first kappa shape index (κ1) is 3.26. The minimum absolute atomic E-state index is 0.863. The lowest BCUT2D eigenvalue weighted by Crippen LogP contribution is -2.03. The maximum atomic E-state index is 3.94. The van der Waals surface area contributed by atoms with Crippen LogP contribution < -0.4 is 5.32 Å². The highest BCUT2D eigenvalue weighted by Gasteiger charge is 1.83. The molecule has 1 N–H and O–H groups in total. The summed E-state index contributed by atoms with van der Waals surface area (Å²) in [5, 5.41) is 3.04. The largest absolute Gasteiger partial charge is 0.289 e. The summed E-state index contributed by atoms with van der Waals surface area (Å²) in [7, 11) is 1.21. The third kappa shape index (κ3) is 0.673. The summed E-state index contributed by atoms with van der Waals surface area (Å²) in [6.45, 7) is 0.863. The lowest BCUT2D eigenvalue weighted by atomic mass is 11.1. The Labute approximate surface area is 32.5 Å². The molecule has 28 valence electrons. The van der Waals surface area contributed by atoms with E-state index in [1.807, 2.05) is 0 Å². The molecule has 0 aromatic heterocycles. The van der Waals surface area contributed by atoms with Gasteiger partial charge in [-0.15, -0.1) is 0 Å². The molecule has 0 spiro atoms. The van der Waals surface area contributed by atoms with E-state index in [1.54, 1.807) is 0 Å². The van der Waals surface area contributed by atoms with Crippen LogP contribution >= 0.6 is 8.37 Å². The van der Waals surface area contributed by atoms with Gasteiger partial charge < -0.3 is 0 Å². The minimum atomic E-state index is 0.863.